The summed E-state index contributed by atoms with van der Waals surface area (Å²) in [6.07, 6.45) is -0.0734. The third-order valence-corrected chi connectivity index (χ3v) is 5.48. The molecule has 0 aliphatic heterocycles. The SMILES string of the molecule is CCCC/C=C(\c1ccc(C(F)(F)F)cc1)[N+]([O-])=C1c2ccccc2-c2ccccc21. The second kappa shape index (κ2) is 8.42. The van der Waals surface area contributed by atoms with E-state index in [1.54, 1.807) is 0 Å². The summed E-state index contributed by atoms with van der Waals surface area (Å²) >= 11 is 0. The number of alkyl halides is 3. The number of fused-ring (bicyclic) bond motifs is 3. The molecule has 4 rings (SSSR count). The molecule has 0 heterocycles. The van der Waals surface area contributed by atoms with Crippen LogP contribution in [0.4, 0.5) is 13.2 Å². The van der Waals surface area contributed by atoms with Crippen molar-refractivity contribution < 1.29 is 17.9 Å². The van der Waals surface area contributed by atoms with Crippen molar-refractivity contribution >= 4 is 11.4 Å². The van der Waals surface area contributed by atoms with Gasteiger partial charge in [-0.25, -0.2) is 0 Å². The van der Waals surface area contributed by atoms with Gasteiger partial charge in [0.05, 0.1) is 16.7 Å². The number of halogens is 3. The van der Waals surface area contributed by atoms with Gasteiger partial charge >= 0.3 is 6.18 Å². The van der Waals surface area contributed by atoms with E-state index in [1.165, 1.54) is 12.1 Å². The van der Waals surface area contributed by atoms with Gasteiger partial charge in [0.1, 0.15) is 0 Å². The largest absolute Gasteiger partial charge is 0.618 e. The molecule has 0 fully saturated rings. The number of unbranched alkanes of at least 4 members (excludes halogenated alkanes) is 2. The molecule has 3 aromatic carbocycles. The third kappa shape index (κ3) is 4.00. The minimum atomic E-state index is -4.42. The Hall–Kier alpha value is -3.34. The molecule has 5 heteroatoms. The van der Waals surface area contributed by atoms with Crippen LogP contribution in [0.3, 0.4) is 0 Å². The number of hydrogen-bond donors (Lipinski definition) is 0. The predicted molar refractivity (Wildman–Crippen MR) is 118 cm³/mol. The number of rotatable bonds is 5. The lowest BCUT2D eigenvalue weighted by Crippen LogP contribution is -2.16. The van der Waals surface area contributed by atoms with Crippen molar-refractivity contribution in [3.63, 3.8) is 0 Å². The Kier molecular flexibility index (Phi) is 5.68. The van der Waals surface area contributed by atoms with Gasteiger partial charge in [-0.1, -0.05) is 49.7 Å². The number of allylic oxidation sites excluding steroid dienone is 1. The van der Waals surface area contributed by atoms with Gasteiger partial charge < -0.3 is 5.21 Å². The van der Waals surface area contributed by atoms with Crippen LogP contribution in [0.5, 0.6) is 0 Å². The highest BCUT2D eigenvalue weighted by atomic mass is 19.4. The Labute approximate surface area is 179 Å². The fourth-order valence-electron chi connectivity index (χ4n) is 3.92. The van der Waals surface area contributed by atoms with E-state index in [9.17, 15) is 18.4 Å². The zero-order chi connectivity index (χ0) is 22.0. The number of nitrogens with zero attached hydrogens (tertiary/aromatic N) is 1. The molecule has 0 saturated carbocycles. The van der Waals surface area contributed by atoms with Crippen LogP contribution in [0.25, 0.3) is 16.8 Å². The van der Waals surface area contributed by atoms with Gasteiger partial charge in [0.15, 0.2) is 0 Å². The molecule has 0 bridgehead atoms. The number of benzene rings is 3. The van der Waals surface area contributed by atoms with Crippen LogP contribution in [0, 0.1) is 5.21 Å². The third-order valence-electron chi connectivity index (χ3n) is 5.48. The summed E-state index contributed by atoms with van der Waals surface area (Å²) in [7, 11) is 0. The molecule has 0 aromatic heterocycles. The zero-order valence-electron chi connectivity index (χ0n) is 17.1. The first-order valence-electron chi connectivity index (χ1n) is 10.3. The summed E-state index contributed by atoms with van der Waals surface area (Å²) in [5.74, 6) is 0. The molecule has 31 heavy (non-hydrogen) atoms. The van der Waals surface area contributed by atoms with E-state index in [4.69, 9.17) is 0 Å². The molecule has 3 aromatic rings. The molecule has 0 saturated heterocycles. The van der Waals surface area contributed by atoms with Crippen LogP contribution in [0.15, 0.2) is 78.9 Å². The smallest absolute Gasteiger partial charge is 0.416 e. The standard InChI is InChI=1S/C26H22F3NO/c1-2-3-4-13-24(18-14-16-19(17-15-18)26(27,28)29)30(31)25-22-11-7-5-9-20(22)21-10-6-8-12-23(21)25/h5-17H,2-4H2,1H3/b24-13+. The highest BCUT2D eigenvalue weighted by Crippen LogP contribution is 2.38. The van der Waals surface area contributed by atoms with E-state index < -0.39 is 11.7 Å². The summed E-state index contributed by atoms with van der Waals surface area (Å²) in [6, 6.07) is 20.2. The highest BCUT2D eigenvalue weighted by Gasteiger charge is 2.33. The van der Waals surface area contributed by atoms with Crippen molar-refractivity contribution in [1.82, 2.24) is 0 Å². The van der Waals surface area contributed by atoms with Crippen LogP contribution in [0.1, 0.15) is 48.4 Å². The van der Waals surface area contributed by atoms with Crippen molar-refractivity contribution in [2.75, 3.05) is 0 Å². The van der Waals surface area contributed by atoms with E-state index in [2.05, 4.69) is 6.92 Å². The van der Waals surface area contributed by atoms with Crippen LogP contribution in [0.2, 0.25) is 0 Å². The molecule has 0 unspecified atom stereocenters. The lowest BCUT2D eigenvalue weighted by atomic mass is 10.0. The second-order valence-corrected chi connectivity index (χ2v) is 7.54. The predicted octanol–water partition coefficient (Wildman–Crippen LogP) is 7.26. The zero-order valence-corrected chi connectivity index (χ0v) is 17.1. The maximum Gasteiger partial charge on any atom is 0.416 e. The first-order chi connectivity index (χ1) is 14.9. The summed E-state index contributed by atoms with van der Waals surface area (Å²) < 4.78 is 39.9. The molecule has 1 aliphatic rings. The highest BCUT2D eigenvalue weighted by molar-refractivity contribution is 6.22. The molecule has 158 valence electrons. The first kappa shape index (κ1) is 20.9. The quantitative estimate of drug-likeness (QED) is 0.144. The lowest BCUT2D eigenvalue weighted by molar-refractivity contribution is -0.349. The fourth-order valence-corrected chi connectivity index (χ4v) is 3.92. The molecule has 2 nitrogen and oxygen atoms in total. The Morgan fingerprint density at radius 2 is 1.35 bits per heavy atom. The molecular formula is C26H22F3NO. The van der Waals surface area contributed by atoms with E-state index >= 15 is 0 Å². The van der Waals surface area contributed by atoms with Gasteiger partial charge in [-0.2, -0.15) is 17.9 Å². The van der Waals surface area contributed by atoms with Crippen molar-refractivity contribution in [3.8, 4) is 11.1 Å². The van der Waals surface area contributed by atoms with Gasteiger partial charge in [-0.15, -0.1) is 0 Å². The maximum absolute atomic E-state index is 13.7. The van der Waals surface area contributed by atoms with Gasteiger partial charge in [0.2, 0.25) is 11.4 Å². The van der Waals surface area contributed by atoms with Crippen molar-refractivity contribution in [2.45, 2.75) is 32.4 Å². The van der Waals surface area contributed by atoms with Crippen LogP contribution < -0.4 is 0 Å². The monoisotopic (exact) mass is 421 g/mol. The Morgan fingerprint density at radius 1 is 0.839 bits per heavy atom. The van der Waals surface area contributed by atoms with E-state index in [1.807, 2.05) is 54.6 Å². The van der Waals surface area contributed by atoms with Crippen LogP contribution in [-0.4, -0.2) is 10.5 Å². The Morgan fingerprint density at radius 3 is 1.84 bits per heavy atom. The Balaban J connectivity index is 1.88. The average molecular weight is 421 g/mol. The second-order valence-electron chi connectivity index (χ2n) is 7.54. The van der Waals surface area contributed by atoms with Gasteiger partial charge in [0.25, 0.3) is 0 Å². The minimum absolute atomic E-state index is 0.365. The van der Waals surface area contributed by atoms with Gasteiger partial charge in [-0.3, -0.25) is 0 Å². The van der Waals surface area contributed by atoms with Crippen LogP contribution >= 0.6 is 0 Å². The lowest BCUT2D eigenvalue weighted by Gasteiger charge is -2.13. The molecule has 1 aliphatic carbocycles. The summed E-state index contributed by atoms with van der Waals surface area (Å²) in [4.78, 5) is 0. The summed E-state index contributed by atoms with van der Waals surface area (Å²) in [5.41, 5.74) is 4.24. The first-order valence-corrected chi connectivity index (χ1v) is 10.3. The number of hydrogen-bond acceptors (Lipinski definition) is 1. The molecule has 0 amide bonds. The normalized spacial score (nSPS) is 13.2. The van der Waals surface area contributed by atoms with Crippen molar-refractivity contribution in [2.24, 2.45) is 0 Å². The summed E-state index contributed by atoms with van der Waals surface area (Å²) in [5, 5.41) is 13.7. The molecule has 0 N–H and O–H groups in total. The average Bonchev–Trinajstić information content (AvgIpc) is 3.10. The Bertz CT molecular complexity index is 1110. The molecule has 0 radical (unpaired) electrons. The molecular weight excluding hydrogens is 399 g/mol. The fraction of sp³-hybridized carbons (Fsp3) is 0.192. The minimum Gasteiger partial charge on any atom is -0.618 e. The van der Waals surface area contributed by atoms with Crippen LogP contribution in [-0.2, 0) is 6.18 Å². The van der Waals surface area contributed by atoms with Gasteiger partial charge in [0, 0.05) is 5.56 Å². The molecule has 0 atom stereocenters. The van der Waals surface area contributed by atoms with Gasteiger partial charge in [-0.05, 0) is 66.4 Å². The van der Waals surface area contributed by atoms with Crippen molar-refractivity contribution in [3.05, 3.63) is 106 Å². The van der Waals surface area contributed by atoms with E-state index in [-0.39, 0.29) is 0 Å². The maximum atomic E-state index is 13.7. The van der Waals surface area contributed by atoms with E-state index in [0.717, 1.165) is 52.0 Å². The number of hydroxylamine groups is 1. The van der Waals surface area contributed by atoms with E-state index in [0.29, 0.717) is 23.4 Å². The topological polar surface area (TPSA) is 26.1 Å². The molecule has 0 spiro atoms. The van der Waals surface area contributed by atoms with Crippen molar-refractivity contribution in [1.29, 1.82) is 0 Å². The summed E-state index contributed by atoms with van der Waals surface area (Å²) in [6.45, 7) is 2.05.